The van der Waals surface area contributed by atoms with E-state index in [0.717, 1.165) is 41.5 Å². The SMILES string of the molecule is CC[C@]1(CC(=O)O)CCc2ccc(OCc3ccc(-c4cc(OC)ccc4F)c([C@@H](OC)C(C)(C)C)c3)cc21. The lowest BCUT2D eigenvalue weighted by molar-refractivity contribution is -0.138. The highest BCUT2D eigenvalue weighted by molar-refractivity contribution is 5.71. The molecule has 2 atom stereocenters. The summed E-state index contributed by atoms with van der Waals surface area (Å²) in [7, 11) is 3.24. The van der Waals surface area contributed by atoms with E-state index in [1.807, 2.05) is 30.3 Å². The van der Waals surface area contributed by atoms with Gasteiger partial charge in [0, 0.05) is 18.1 Å². The van der Waals surface area contributed by atoms with Crippen LogP contribution in [0.3, 0.4) is 0 Å². The van der Waals surface area contributed by atoms with Crippen LogP contribution in [0.2, 0.25) is 0 Å². The Bertz CT molecular complexity index is 1340. The molecule has 3 aromatic rings. The zero-order valence-corrected chi connectivity index (χ0v) is 23.8. The van der Waals surface area contributed by atoms with Gasteiger partial charge in [-0.15, -0.1) is 0 Å². The second-order valence-corrected chi connectivity index (χ2v) is 11.6. The van der Waals surface area contributed by atoms with Gasteiger partial charge >= 0.3 is 5.97 Å². The maximum atomic E-state index is 15.0. The van der Waals surface area contributed by atoms with Crippen LogP contribution >= 0.6 is 0 Å². The Morgan fingerprint density at radius 2 is 1.77 bits per heavy atom. The number of carboxylic acids is 1. The zero-order chi connectivity index (χ0) is 28.4. The molecule has 0 heterocycles. The van der Waals surface area contributed by atoms with Gasteiger partial charge in [0.15, 0.2) is 0 Å². The number of hydrogen-bond acceptors (Lipinski definition) is 4. The lowest BCUT2D eigenvalue weighted by atomic mass is 9.76. The molecule has 0 unspecified atom stereocenters. The second-order valence-electron chi connectivity index (χ2n) is 11.6. The van der Waals surface area contributed by atoms with Crippen LogP contribution in [0.5, 0.6) is 11.5 Å². The fourth-order valence-corrected chi connectivity index (χ4v) is 5.95. The number of fused-ring (bicyclic) bond motifs is 1. The van der Waals surface area contributed by atoms with Gasteiger partial charge in [-0.1, -0.05) is 45.9 Å². The molecule has 0 spiro atoms. The predicted octanol–water partition coefficient (Wildman–Crippen LogP) is 7.88. The molecular weight excluding hydrogens is 495 g/mol. The molecule has 0 radical (unpaired) electrons. The standard InChI is InChI=1S/C33H39FO5/c1-7-33(19-30(35)36)15-14-22-9-10-24(18-28(22)33)39-20-21-8-12-25(26-17-23(37-5)11-13-29(26)34)27(16-21)31(38-6)32(2,3)4/h8-13,16-18,31H,7,14-15,19-20H2,1-6H3,(H,35,36)/t31-,33-/m1/s1. The molecule has 0 aromatic heterocycles. The Morgan fingerprint density at radius 3 is 2.41 bits per heavy atom. The summed E-state index contributed by atoms with van der Waals surface area (Å²) in [6.45, 7) is 8.65. The van der Waals surface area contributed by atoms with Crippen molar-refractivity contribution >= 4 is 5.97 Å². The molecule has 39 heavy (non-hydrogen) atoms. The van der Waals surface area contributed by atoms with Crippen molar-refractivity contribution < 1.29 is 28.5 Å². The van der Waals surface area contributed by atoms with Crippen molar-refractivity contribution in [3.8, 4) is 22.6 Å². The first-order chi connectivity index (χ1) is 18.5. The maximum Gasteiger partial charge on any atom is 0.304 e. The number of aryl methyl sites for hydroxylation is 1. The molecule has 6 heteroatoms. The minimum Gasteiger partial charge on any atom is -0.497 e. The van der Waals surface area contributed by atoms with Gasteiger partial charge in [-0.25, -0.2) is 4.39 Å². The van der Waals surface area contributed by atoms with Gasteiger partial charge in [-0.3, -0.25) is 4.79 Å². The van der Waals surface area contributed by atoms with E-state index in [9.17, 15) is 9.90 Å². The number of carboxylic acid groups (broad SMARTS) is 1. The van der Waals surface area contributed by atoms with E-state index < -0.39 is 5.97 Å². The van der Waals surface area contributed by atoms with Crippen LogP contribution < -0.4 is 9.47 Å². The van der Waals surface area contributed by atoms with Crippen LogP contribution in [0.15, 0.2) is 54.6 Å². The molecule has 0 fully saturated rings. The molecule has 0 saturated carbocycles. The Morgan fingerprint density at radius 1 is 1.03 bits per heavy atom. The second kappa shape index (κ2) is 11.4. The van der Waals surface area contributed by atoms with Crippen LogP contribution in [0, 0.1) is 11.2 Å². The number of hydrogen-bond donors (Lipinski definition) is 1. The number of rotatable bonds is 10. The quantitative estimate of drug-likeness (QED) is 0.287. The number of carbonyl (C=O) groups is 1. The fourth-order valence-electron chi connectivity index (χ4n) is 5.95. The summed E-state index contributed by atoms with van der Waals surface area (Å²) in [6, 6.07) is 16.7. The summed E-state index contributed by atoms with van der Waals surface area (Å²) in [6.07, 6.45) is 2.32. The highest BCUT2D eigenvalue weighted by atomic mass is 19.1. The molecule has 3 aromatic carbocycles. The van der Waals surface area contributed by atoms with Gasteiger partial charge in [0.1, 0.15) is 23.9 Å². The van der Waals surface area contributed by atoms with E-state index >= 15 is 4.39 Å². The topological polar surface area (TPSA) is 65.0 Å². The molecule has 5 nitrogen and oxygen atoms in total. The number of methoxy groups -OCH3 is 2. The number of ether oxygens (including phenoxy) is 3. The van der Waals surface area contributed by atoms with Crippen molar-refractivity contribution in [2.45, 2.75) is 71.5 Å². The lowest BCUT2D eigenvalue weighted by Crippen LogP contribution is -2.25. The lowest BCUT2D eigenvalue weighted by Gasteiger charge is -2.32. The molecule has 1 N–H and O–H groups in total. The zero-order valence-electron chi connectivity index (χ0n) is 23.8. The maximum absolute atomic E-state index is 15.0. The molecule has 1 aliphatic carbocycles. The Labute approximate surface area is 230 Å². The van der Waals surface area contributed by atoms with Gasteiger partial charge in [-0.2, -0.15) is 0 Å². The van der Waals surface area contributed by atoms with Gasteiger partial charge in [0.2, 0.25) is 0 Å². The van der Waals surface area contributed by atoms with Crippen molar-refractivity contribution in [3.05, 3.63) is 82.7 Å². The van der Waals surface area contributed by atoms with E-state index in [-0.39, 0.29) is 29.2 Å². The first kappa shape index (κ1) is 28.6. The third kappa shape index (κ3) is 5.96. The Kier molecular flexibility index (Phi) is 8.36. The van der Waals surface area contributed by atoms with Crippen molar-refractivity contribution in [3.63, 3.8) is 0 Å². The van der Waals surface area contributed by atoms with Crippen molar-refractivity contribution in [2.24, 2.45) is 5.41 Å². The van der Waals surface area contributed by atoms with Crippen molar-refractivity contribution in [2.75, 3.05) is 14.2 Å². The molecule has 0 aliphatic heterocycles. The summed E-state index contributed by atoms with van der Waals surface area (Å²) in [5.74, 6) is 0.186. The van der Waals surface area contributed by atoms with Gasteiger partial charge < -0.3 is 19.3 Å². The molecule has 0 amide bonds. The van der Waals surface area contributed by atoms with Crippen molar-refractivity contribution in [1.29, 1.82) is 0 Å². The third-order valence-corrected chi connectivity index (χ3v) is 7.98. The smallest absolute Gasteiger partial charge is 0.304 e. The largest absolute Gasteiger partial charge is 0.497 e. The highest BCUT2D eigenvalue weighted by Gasteiger charge is 2.39. The Balaban J connectivity index is 1.68. The highest BCUT2D eigenvalue weighted by Crippen LogP contribution is 2.46. The third-order valence-electron chi connectivity index (χ3n) is 7.98. The van der Waals surface area contributed by atoms with E-state index in [4.69, 9.17) is 14.2 Å². The van der Waals surface area contributed by atoms with Crippen LogP contribution in [0.1, 0.15) is 75.3 Å². The van der Waals surface area contributed by atoms with Gasteiger partial charge in [0.25, 0.3) is 0 Å². The van der Waals surface area contributed by atoms with Gasteiger partial charge in [0.05, 0.1) is 19.6 Å². The normalized spacial score (nSPS) is 17.5. The molecular formula is C33H39FO5. The average Bonchev–Trinajstić information content (AvgIpc) is 3.25. The number of aliphatic carboxylic acids is 1. The van der Waals surface area contributed by atoms with Crippen molar-refractivity contribution in [1.82, 2.24) is 0 Å². The first-order valence-electron chi connectivity index (χ1n) is 13.5. The monoisotopic (exact) mass is 534 g/mol. The summed E-state index contributed by atoms with van der Waals surface area (Å²) >= 11 is 0. The minimum absolute atomic E-state index is 0.122. The van der Waals surface area contributed by atoms with E-state index in [2.05, 4.69) is 33.8 Å². The molecule has 0 bridgehead atoms. The van der Waals surface area contributed by atoms with E-state index in [1.54, 1.807) is 26.4 Å². The summed E-state index contributed by atoms with van der Waals surface area (Å²) in [5.41, 5.74) is 4.69. The number of benzene rings is 3. The van der Waals surface area contributed by atoms with Crippen LogP contribution in [-0.2, 0) is 28.0 Å². The van der Waals surface area contributed by atoms with E-state index in [0.29, 0.717) is 23.7 Å². The fraction of sp³-hybridized carbons (Fsp3) is 0.424. The molecule has 4 rings (SSSR count). The summed E-state index contributed by atoms with van der Waals surface area (Å²) in [4.78, 5) is 11.6. The molecule has 0 saturated heterocycles. The Hall–Kier alpha value is -3.38. The minimum atomic E-state index is -0.775. The summed E-state index contributed by atoms with van der Waals surface area (Å²) in [5, 5.41) is 9.54. The van der Waals surface area contributed by atoms with Crippen LogP contribution in [-0.4, -0.2) is 25.3 Å². The first-order valence-corrected chi connectivity index (χ1v) is 13.5. The van der Waals surface area contributed by atoms with Crippen LogP contribution in [0.4, 0.5) is 4.39 Å². The van der Waals surface area contributed by atoms with Crippen LogP contribution in [0.25, 0.3) is 11.1 Å². The molecule has 1 aliphatic rings. The number of halogens is 1. The summed E-state index contributed by atoms with van der Waals surface area (Å²) < 4.78 is 32.6. The predicted molar refractivity (Wildman–Crippen MR) is 151 cm³/mol. The van der Waals surface area contributed by atoms with Gasteiger partial charge in [-0.05, 0) is 88.9 Å². The van der Waals surface area contributed by atoms with E-state index in [1.165, 1.54) is 11.6 Å². The molecule has 208 valence electrons. The average molecular weight is 535 g/mol.